The number of hydrogen-bond acceptors (Lipinski definition) is 3. The monoisotopic (exact) mass is 177 g/mol. The second-order valence-corrected chi connectivity index (χ2v) is 4.27. The zero-order chi connectivity index (χ0) is 8.85. The first-order valence-corrected chi connectivity index (χ1v) is 5.23. The summed E-state index contributed by atoms with van der Waals surface area (Å²) in [6, 6.07) is 0. The van der Waals surface area contributed by atoms with E-state index in [9.17, 15) is 9.00 Å². The molecule has 11 heavy (non-hydrogen) atoms. The fourth-order valence-corrected chi connectivity index (χ4v) is 1.31. The molecule has 1 unspecified atom stereocenters. The summed E-state index contributed by atoms with van der Waals surface area (Å²) in [4.78, 5) is 12.5. The Balaban J connectivity index is 3.44. The smallest absolute Gasteiger partial charge is 0.143 e. The van der Waals surface area contributed by atoms with Crippen LogP contribution in [0, 0.1) is 0 Å². The number of carbonyl (C=O) groups is 1. The van der Waals surface area contributed by atoms with Crippen molar-refractivity contribution < 1.29 is 9.00 Å². The van der Waals surface area contributed by atoms with Gasteiger partial charge in [-0.3, -0.25) is 13.9 Å². The molecular formula is C7H15NO2S. The van der Waals surface area contributed by atoms with Gasteiger partial charge in [-0.2, -0.15) is 0 Å². The van der Waals surface area contributed by atoms with Gasteiger partial charge in [0.05, 0.1) is 6.54 Å². The van der Waals surface area contributed by atoms with Crippen molar-refractivity contribution in [2.45, 2.75) is 6.92 Å². The van der Waals surface area contributed by atoms with Gasteiger partial charge in [-0.25, -0.2) is 0 Å². The van der Waals surface area contributed by atoms with Gasteiger partial charge in [-0.15, -0.1) is 0 Å². The van der Waals surface area contributed by atoms with Crippen LogP contribution in [0.5, 0.6) is 0 Å². The minimum atomic E-state index is -0.754. The van der Waals surface area contributed by atoms with Gasteiger partial charge in [0.2, 0.25) is 0 Å². The second-order valence-electron chi connectivity index (χ2n) is 2.72. The zero-order valence-electron chi connectivity index (χ0n) is 7.29. The molecule has 0 aliphatic carbocycles. The third-order valence-corrected chi connectivity index (χ3v) is 2.01. The van der Waals surface area contributed by atoms with E-state index in [0.29, 0.717) is 12.3 Å². The van der Waals surface area contributed by atoms with Crippen LogP contribution in [0.4, 0.5) is 0 Å². The number of hydrogen-bond donors (Lipinski definition) is 0. The van der Waals surface area contributed by atoms with Gasteiger partial charge in [0.25, 0.3) is 0 Å². The average molecular weight is 177 g/mol. The molecule has 0 aromatic rings. The van der Waals surface area contributed by atoms with Gasteiger partial charge >= 0.3 is 0 Å². The van der Waals surface area contributed by atoms with Crippen LogP contribution < -0.4 is 0 Å². The molecule has 0 spiro atoms. The van der Waals surface area contributed by atoms with E-state index in [2.05, 4.69) is 0 Å². The zero-order valence-corrected chi connectivity index (χ0v) is 8.11. The van der Waals surface area contributed by atoms with Crippen molar-refractivity contribution in [1.82, 2.24) is 4.90 Å². The highest BCUT2D eigenvalue weighted by Gasteiger charge is 2.01. The van der Waals surface area contributed by atoms with Gasteiger partial charge in [-0.1, -0.05) is 0 Å². The molecule has 0 fully saturated rings. The number of Topliss-reactive ketones (excluding diaryl/α,β-unsaturated/α-hetero) is 1. The predicted molar refractivity (Wildman–Crippen MR) is 47.1 cm³/mol. The SMILES string of the molecule is CC(=O)CN(C)CCS(C)=O. The lowest BCUT2D eigenvalue weighted by Crippen LogP contribution is -2.28. The molecule has 0 saturated heterocycles. The van der Waals surface area contributed by atoms with Crippen molar-refractivity contribution in [1.29, 1.82) is 0 Å². The molecule has 1 atom stereocenters. The van der Waals surface area contributed by atoms with E-state index in [1.807, 2.05) is 11.9 Å². The number of carbonyl (C=O) groups excluding carboxylic acids is 1. The molecule has 0 aromatic heterocycles. The third kappa shape index (κ3) is 7.68. The van der Waals surface area contributed by atoms with Crippen LogP contribution in [0.3, 0.4) is 0 Å². The number of rotatable bonds is 5. The van der Waals surface area contributed by atoms with Crippen molar-refractivity contribution in [2.24, 2.45) is 0 Å². The Morgan fingerprint density at radius 1 is 1.55 bits per heavy atom. The van der Waals surface area contributed by atoms with E-state index in [1.165, 1.54) is 0 Å². The van der Waals surface area contributed by atoms with E-state index < -0.39 is 10.8 Å². The van der Waals surface area contributed by atoms with Crippen LogP contribution in [-0.2, 0) is 15.6 Å². The molecule has 4 heteroatoms. The standard InChI is InChI=1S/C7H15NO2S/c1-7(9)6-8(2)4-5-11(3)10/h4-6H2,1-3H3. The first-order valence-electron chi connectivity index (χ1n) is 3.50. The molecule has 0 radical (unpaired) electrons. The Kier molecular flexibility index (Phi) is 5.32. The topological polar surface area (TPSA) is 37.4 Å². The quantitative estimate of drug-likeness (QED) is 0.588. The largest absolute Gasteiger partial charge is 0.299 e. The summed E-state index contributed by atoms with van der Waals surface area (Å²) < 4.78 is 10.6. The van der Waals surface area contributed by atoms with Crippen molar-refractivity contribution in [3.63, 3.8) is 0 Å². The number of nitrogens with zero attached hydrogens (tertiary/aromatic N) is 1. The lowest BCUT2D eigenvalue weighted by atomic mass is 10.4. The first kappa shape index (κ1) is 10.8. The Bertz CT molecular complexity index is 159. The van der Waals surface area contributed by atoms with Crippen molar-refractivity contribution in [2.75, 3.05) is 32.1 Å². The van der Waals surface area contributed by atoms with Crippen molar-refractivity contribution >= 4 is 16.6 Å². The van der Waals surface area contributed by atoms with Gasteiger partial charge in [0.1, 0.15) is 5.78 Å². The summed E-state index contributed by atoms with van der Waals surface area (Å²) in [7, 11) is 1.10. The molecule has 0 heterocycles. The van der Waals surface area contributed by atoms with Crippen LogP contribution in [-0.4, -0.2) is 47.0 Å². The molecule has 66 valence electrons. The third-order valence-electron chi connectivity index (χ3n) is 1.25. The van der Waals surface area contributed by atoms with E-state index in [4.69, 9.17) is 0 Å². The predicted octanol–water partition coefficient (Wildman–Crippen LogP) is -0.114. The molecule has 0 aliphatic heterocycles. The Labute approximate surface area is 70.2 Å². The molecule has 0 rings (SSSR count). The summed E-state index contributed by atoms with van der Waals surface area (Å²) in [6.07, 6.45) is 1.67. The van der Waals surface area contributed by atoms with E-state index >= 15 is 0 Å². The molecule has 0 saturated carbocycles. The number of ketones is 1. The van der Waals surface area contributed by atoms with Crippen LogP contribution in [0.1, 0.15) is 6.92 Å². The Morgan fingerprint density at radius 2 is 2.09 bits per heavy atom. The van der Waals surface area contributed by atoms with Gasteiger partial charge in [-0.05, 0) is 14.0 Å². The van der Waals surface area contributed by atoms with Crippen LogP contribution in [0.25, 0.3) is 0 Å². The summed E-state index contributed by atoms with van der Waals surface area (Å²) >= 11 is 0. The molecular weight excluding hydrogens is 162 g/mol. The molecule has 0 aromatic carbocycles. The maximum Gasteiger partial charge on any atom is 0.143 e. The normalized spacial score (nSPS) is 13.5. The van der Waals surface area contributed by atoms with Gasteiger partial charge < -0.3 is 0 Å². The molecule has 0 aliphatic rings. The van der Waals surface area contributed by atoms with Gasteiger partial charge in [0, 0.05) is 29.4 Å². The van der Waals surface area contributed by atoms with Crippen molar-refractivity contribution in [3.05, 3.63) is 0 Å². The highest BCUT2D eigenvalue weighted by molar-refractivity contribution is 7.84. The minimum Gasteiger partial charge on any atom is -0.299 e. The number of likely N-dealkylation sites (N-methyl/N-ethyl adjacent to an activating group) is 1. The molecule has 0 bridgehead atoms. The molecule has 0 amide bonds. The van der Waals surface area contributed by atoms with Crippen molar-refractivity contribution in [3.8, 4) is 0 Å². The Morgan fingerprint density at radius 3 is 2.45 bits per heavy atom. The maximum atomic E-state index is 10.6. The second kappa shape index (κ2) is 5.43. The first-order chi connectivity index (χ1) is 5.02. The summed E-state index contributed by atoms with van der Waals surface area (Å²) in [5.74, 6) is 0.790. The van der Waals surface area contributed by atoms with E-state index in [-0.39, 0.29) is 5.78 Å². The molecule has 0 N–H and O–H groups in total. The van der Waals surface area contributed by atoms with Crippen LogP contribution in [0.15, 0.2) is 0 Å². The fourth-order valence-electron chi connectivity index (χ4n) is 0.744. The van der Waals surface area contributed by atoms with Crippen LogP contribution in [0.2, 0.25) is 0 Å². The van der Waals surface area contributed by atoms with Gasteiger partial charge in [0.15, 0.2) is 0 Å². The summed E-state index contributed by atoms with van der Waals surface area (Å²) in [5, 5.41) is 0. The molecule has 3 nitrogen and oxygen atoms in total. The van der Waals surface area contributed by atoms with E-state index in [1.54, 1.807) is 13.2 Å². The summed E-state index contributed by atoms with van der Waals surface area (Å²) in [5.41, 5.74) is 0. The highest BCUT2D eigenvalue weighted by Crippen LogP contribution is 1.84. The summed E-state index contributed by atoms with van der Waals surface area (Å²) in [6.45, 7) is 2.74. The maximum absolute atomic E-state index is 10.6. The van der Waals surface area contributed by atoms with E-state index in [0.717, 1.165) is 6.54 Å². The Hall–Kier alpha value is -0.220. The highest BCUT2D eigenvalue weighted by atomic mass is 32.2. The fraction of sp³-hybridized carbons (Fsp3) is 0.857. The van der Waals surface area contributed by atoms with Crippen LogP contribution >= 0.6 is 0 Å². The average Bonchev–Trinajstić information content (AvgIpc) is 1.82. The lowest BCUT2D eigenvalue weighted by Gasteiger charge is -2.12. The minimum absolute atomic E-state index is 0.148. The lowest BCUT2D eigenvalue weighted by molar-refractivity contribution is -0.117.